The number of fused-ring (bicyclic) bond motifs is 1. The molecule has 0 spiro atoms. The molecule has 33 heteroatoms. The molecule has 5 rings (SSSR count). The summed E-state index contributed by atoms with van der Waals surface area (Å²) in [6.07, 6.45) is 0. The molecule has 0 aliphatic heterocycles. The quantitative estimate of drug-likeness (QED) is 0.0402. The summed E-state index contributed by atoms with van der Waals surface area (Å²) in [5, 5.41) is 22.3. The van der Waals surface area contributed by atoms with E-state index in [1.807, 2.05) is 0 Å². The van der Waals surface area contributed by atoms with Crippen LogP contribution in [-0.2, 0) is 54.8 Å². The molecule has 0 amide bonds. The molecule has 1 heterocycles. The smallest absolute Gasteiger partial charge is 0.744 e. The Labute approximate surface area is 434 Å². The van der Waals surface area contributed by atoms with Gasteiger partial charge in [-0.15, -0.1) is 5.11 Å². The van der Waals surface area contributed by atoms with Crippen molar-refractivity contribution in [2.75, 3.05) is 23.0 Å². The van der Waals surface area contributed by atoms with Gasteiger partial charge in [-0.05, 0) is 77.7 Å². The Morgan fingerprint density at radius 1 is 0.667 bits per heavy atom. The average Bonchev–Trinajstić information content (AvgIpc) is 3.05. The van der Waals surface area contributed by atoms with Crippen LogP contribution in [0, 0.1) is 0 Å². The molecule has 0 aliphatic rings. The van der Waals surface area contributed by atoms with Crippen molar-refractivity contribution < 1.29 is 188 Å². The van der Waals surface area contributed by atoms with Crippen molar-refractivity contribution in [1.82, 2.24) is 15.0 Å². The number of nitrogens with one attached hydrogen (secondary N) is 2. The second kappa shape index (κ2) is 22.3. The fourth-order valence-corrected chi connectivity index (χ4v) is 7.96. The molecule has 0 saturated carbocycles. The molecular weight excluding hydrogens is 966 g/mol. The van der Waals surface area contributed by atoms with Crippen LogP contribution in [0.5, 0.6) is 5.75 Å². The number of phenolic OH excluding ortho intramolecular Hbond substituents is 1. The fourth-order valence-electron chi connectivity index (χ4n) is 4.62. The number of sulfone groups is 1. The van der Waals surface area contributed by atoms with Crippen molar-refractivity contribution in [1.29, 1.82) is 0 Å². The van der Waals surface area contributed by atoms with Gasteiger partial charge in [0, 0.05) is 11.1 Å². The number of rotatable bonds is 14. The molecule has 5 aromatic rings. The van der Waals surface area contributed by atoms with Crippen LogP contribution in [0.3, 0.4) is 0 Å². The summed E-state index contributed by atoms with van der Waals surface area (Å²) < 4.78 is 168. The van der Waals surface area contributed by atoms with Crippen LogP contribution in [0.15, 0.2) is 96.5 Å². The zero-order chi connectivity index (χ0) is 41.4. The summed E-state index contributed by atoms with van der Waals surface area (Å²) >= 11 is 6.02. The third kappa shape index (κ3) is 15.3. The third-order valence-electron chi connectivity index (χ3n) is 6.96. The van der Waals surface area contributed by atoms with Crippen molar-refractivity contribution in [2.45, 2.75) is 19.6 Å². The van der Waals surface area contributed by atoms with Crippen molar-refractivity contribution >= 4 is 108 Å². The Balaban J connectivity index is 0.00000450. The van der Waals surface area contributed by atoms with E-state index < -0.39 is 117 Å². The number of phenols is 1. The normalized spacial score (nSPS) is 12.1. The molecule has 3 N–H and O–H groups in total. The van der Waals surface area contributed by atoms with Crippen LogP contribution < -0.4 is 129 Å². The number of azo groups is 1. The van der Waals surface area contributed by atoms with Crippen molar-refractivity contribution in [3.63, 3.8) is 0 Å². The van der Waals surface area contributed by atoms with E-state index >= 15 is 0 Å². The zero-order valence-electron chi connectivity index (χ0n) is 31.0. The summed E-state index contributed by atoms with van der Waals surface area (Å²) in [7, 11) is -25.1. The van der Waals surface area contributed by atoms with Crippen LogP contribution in [0.4, 0.5) is 34.6 Å². The molecule has 0 bridgehead atoms. The van der Waals surface area contributed by atoms with Gasteiger partial charge in [-0.1, -0.05) is 6.07 Å². The molecule has 0 unspecified atom stereocenters. The Kier molecular flexibility index (Phi) is 21.1. The maximum absolute atomic E-state index is 12.5. The van der Waals surface area contributed by atoms with Crippen LogP contribution >= 0.6 is 11.6 Å². The van der Waals surface area contributed by atoms with E-state index in [1.54, 1.807) is 0 Å². The summed E-state index contributed by atoms with van der Waals surface area (Å²) in [5.41, 5.74) is -1.74. The number of nitrogens with zero attached hydrogens (tertiary/aromatic N) is 5. The van der Waals surface area contributed by atoms with Gasteiger partial charge in [0.25, 0.3) is 0 Å². The number of aromatic hydroxyl groups is 1. The molecule has 298 valence electrons. The number of hydrogen-bond donors (Lipinski definition) is 3. The first-order valence-electron chi connectivity index (χ1n) is 14.4. The molecule has 0 fully saturated rings. The van der Waals surface area contributed by atoms with Gasteiger partial charge in [-0.2, -0.15) is 20.1 Å². The predicted octanol–water partition coefficient (Wildman–Crippen LogP) is -9.73. The summed E-state index contributed by atoms with van der Waals surface area (Å²) in [4.78, 5) is 8.39. The summed E-state index contributed by atoms with van der Waals surface area (Å²) in [6, 6.07) is 10.4. The van der Waals surface area contributed by atoms with Crippen molar-refractivity contribution in [3.8, 4) is 5.75 Å². The topological polar surface area (TPSA) is 380 Å². The maximum atomic E-state index is 12.5. The molecule has 0 atom stereocenters. The van der Waals surface area contributed by atoms with E-state index in [0.29, 0.717) is 18.2 Å². The Morgan fingerprint density at radius 3 is 1.80 bits per heavy atom. The molecule has 0 radical (unpaired) electrons. The largest absolute Gasteiger partial charge is 1.00 e. The molecular formula is C27H18ClN7Na4O16S5. The first kappa shape index (κ1) is 57.0. The van der Waals surface area contributed by atoms with Gasteiger partial charge in [0.15, 0.2) is 15.6 Å². The number of aromatic nitrogens is 3. The minimum absolute atomic E-state index is 0. The van der Waals surface area contributed by atoms with E-state index in [1.165, 1.54) is 12.1 Å². The van der Waals surface area contributed by atoms with Crippen LogP contribution in [0.25, 0.3) is 10.8 Å². The van der Waals surface area contributed by atoms with E-state index in [0.717, 1.165) is 36.4 Å². The van der Waals surface area contributed by atoms with E-state index in [9.17, 15) is 65.4 Å². The minimum atomic E-state index is -5.55. The second-order valence-corrected chi connectivity index (χ2v) is 18.4. The molecule has 0 aliphatic carbocycles. The molecule has 1 aromatic heterocycles. The number of benzene rings is 4. The Morgan fingerprint density at radius 2 is 1.25 bits per heavy atom. The van der Waals surface area contributed by atoms with E-state index in [4.69, 9.17) is 11.6 Å². The number of halogens is 1. The first-order chi connectivity index (χ1) is 25.8. The standard InChI is InChI=1S/C27H22ClN7O16S5.4Na/c28-25-31-26(29-16-2-1-3-18(12-16)53(39,40)41)33-27(32-25)30-20-13-19(54(42,43)44)10-14-11-21(55(45,46)47)23(24(36)22(14)20)35-34-15-4-6-17(7-5-15)52(37,38)9-8-51-56(48,49)50;;;;/h1-7,10-13,36H,8-9H2,(H,39,40,41)(H,42,43,44)(H,45,46,47)(H,48,49,50)(H2,29,30,31,32,33);;;;/q;4*+1/p-4. The van der Waals surface area contributed by atoms with Crippen LogP contribution in [0.2, 0.25) is 5.28 Å². The van der Waals surface area contributed by atoms with E-state index in [2.05, 4.69) is 40.0 Å². The predicted molar refractivity (Wildman–Crippen MR) is 186 cm³/mol. The van der Waals surface area contributed by atoms with Gasteiger partial charge in [0.2, 0.25) is 27.6 Å². The van der Waals surface area contributed by atoms with Gasteiger partial charge >= 0.3 is 118 Å². The minimum Gasteiger partial charge on any atom is -0.744 e. The van der Waals surface area contributed by atoms with Crippen LogP contribution in [-0.4, -0.2) is 92.7 Å². The van der Waals surface area contributed by atoms with Gasteiger partial charge in [-0.25, -0.2) is 42.1 Å². The number of hydrogen-bond acceptors (Lipinski definition) is 23. The number of anilines is 4. The SMILES string of the molecule is O=S(=O)([O-])OCCS(=O)(=O)c1ccc(N=Nc2c(S(=O)(=O)[O-])cc3cc(S(=O)(=O)[O-])cc(Nc4nc(Cl)nc(Nc5cccc(S(=O)(=O)[O-])c5)n4)c3c2O)cc1.[Na+].[Na+].[Na+].[Na+]. The molecule has 4 aromatic carbocycles. The Hall–Kier alpha value is -1.01. The summed E-state index contributed by atoms with van der Waals surface area (Å²) in [6.45, 7) is -0.979. The average molecular weight is 984 g/mol. The molecule has 23 nitrogen and oxygen atoms in total. The first-order valence-corrected chi connectivity index (χ1v) is 22.0. The van der Waals surface area contributed by atoms with Gasteiger partial charge in [0.05, 0.1) is 43.3 Å². The van der Waals surface area contributed by atoms with E-state index in [-0.39, 0.29) is 140 Å². The monoisotopic (exact) mass is 983 g/mol. The fraction of sp³-hybridized carbons (Fsp3) is 0.0741. The zero-order valence-corrected chi connectivity index (χ0v) is 43.8. The van der Waals surface area contributed by atoms with Crippen molar-refractivity contribution in [3.05, 3.63) is 72.0 Å². The van der Waals surface area contributed by atoms with Gasteiger partial charge < -0.3 is 34.0 Å². The summed E-state index contributed by atoms with van der Waals surface area (Å²) in [5.74, 6) is -2.94. The van der Waals surface area contributed by atoms with Gasteiger partial charge in [0.1, 0.15) is 36.0 Å². The Bertz CT molecular complexity index is 3010. The molecule has 0 saturated heterocycles. The second-order valence-electron chi connectivity index (χ2n) is 10.8. The van der Waals surface area contributed by atoms with Crippen molar-refractivity contribution in [2.24, 2.45) is 10.2 Å². The third-order valence-corrected chi connectivity index (χ3v) is 11.8. The molecule has 60 heavy (non-hydrogen) atoms. The maximum Gasteiger partial charge on any atom is 1.00 e. The van der Waals surface area contributed by atoms with Crippen LogP contribution in [0.1, 0.15) is 0 Å². The van der Waals surface area contributed by atoms with Gasteiger partial charge in [-0.3, -0.25) is 4.18 Å².